The minimum Gasteiger partial charge on any atom is -0.395 e. The van der Waals surface area contributed by atoms with Crippen LogP contribution in [0.1, 0.15) is 40.0 Å². The molecule has 0 fully saturated rings. The Labute approximate surface area is 146 Å². The summed E-state index contributed by atoms with van der Waals surface area (Å²) >= 11 is 0. The van der Waals surface area contributed by atoms with E-state index >= 15 is 0 Å². The van der Waals surface area contributed by atoms with E-state index in [4.69, 9.17) is 0 Å². The Bertz CT molecular complexity index is 460. The van der Waals surface area contributed by atoms with Crippen LogP contribution in [-0.2, 0) is 9.59 Å². The van der Waals surface area contributed by atoms with Crippen molar-refractivity contribution in [3.8, 4) is 0 Å². The van der Waals surface area contributed by atoms with Crippen molar-refractivity contribution in [1.82, 2.24) is 0 Å². The molecule has 0 aromatic carbocycles. The largest absolute Gasteiger partial charge is 0.395 e. The fraction of sp³-hybridized carbons (Fsp3) is 0.524. The Morgan fingerprint density at radius 1 is 1.08 bits per heavy atom. The normalized spacial score (nSPS) is 17.2. The van der Waals surface area contributed by atoms with Gasteiger partial charge in [-0.1, -0.05) is 57.2 Å². The van der Waals surface area contributed by atoms with Crippen molar-refractivity contribution in [2.75, 3.05) is 6.61 Å². The molecule has 3 heteroatoms. The molecule has 0 saturated heterocycles. The maximum atomic E-state index is 12.4. The monoisotopic (exact) mass is 332 g/mol. The van der Waals surface area contributed by atoms with Crippen LogP contribution in [0.4, 0.5) is 0 Å². The van der Waals surface area contributed by atoms with Gasteiger partial charge in [-0.05, 0) is 37.2 Å². The fourth-order valence-electron chi connectivity index (χ4n) is 2.46. The molecule has 134 valence electrons. The predicted molar refractivity (Wildman–Crippen MR) is 101 cm³/mol. The molecule has 24 heavy (non-hydrogen) atoms. The SMILES string of the molecule is C=CC(C)C/C=C/C=C/C(CO)C(=O)C(C)CC(C)C/C=C/C=O. The van der Waals surface area contributed by atoms with Crippen molar-refractivity contribution in [3.05, 3.63) is 49.1 Å². The van der Waals surface area contributed by atoms with Crippen LogP contribution in [0.25, 0.3) is 0 Å². The molecule has 4 unspecified atom stereocenters. The highest BCUT2D eigenvalue weighted by molar-refractivity contribution is 5.84. The minimum absolute atomic E-state index is 0.0628. The first-order valence-corrected chi connectivity index (χ1v) is 8.66. The highest BCUT2D eigenvalue weighted by Crippen LogP contribution is 2.20. The summed E-state index contributed by atoms with van der Waals surface area (Å²) in [5, 5.41) is 9.48. The van der Waals surface area contributed by atoms with Crippen LogP contribution in [-0.4, -0.2) is 23.8 Å². The second kappa shape index (κ2) is 13.7. The standard InChI is InChI=1S/C21H32O3/c1-5-17(2)11-7-6-8-13-20(16-23)21(24)19(4)15-18(3)12-9-10-14-22/h5-10,13-14,17-20,23H,1,11-12,15-16H2,2-4H3/b7-6+,10-9+,13-8+. The number of hydrogen-bond acceptors (Lipinski definition) is 3. The zero-order valence-electron chi connectivity index (χ0n) is 15.2. The topological polar surface area (TPSA) is 54.4 Å². The van der Waals surface area contributed by atoms with Crippen molar-refractivity contribution >= 4 is 12.1 Å². The Morgan fingerprint density at radius 3 is 2.33 bits per heavy atom. The van der Waals surface area contributed by atoms with Gasteiger partial charge >= 0.3 is 0 Å². The Balaban J connectivity index is 4.47. The van der Waals surface area contributed by atoms with Gasteiger partial charge in [-0.15, -0.1) is 6.58 Å². The van der Waals surface area contributed by atoms with E-state index in [1.807, 2.05) is 37.3 Å². The second-order valence-electron chi connectivity index (χ2n) is 6.50. The molecule has 0 spiro atoms. The van der Waals surface area contributed by atoms with E-state index < -0.39 is 5.92 Å². The number of Topliss-reactive ketones (excluding diaryl/α,β-unsaturated/α-hetero) is 1. The summed E-state index contributed by atoms with van der Waals surface area (Å²) in [6.45, 7) is 9.63. The number of carbonyl (C=O) groups is 2. The lowest BCUT2D eigenvalue weighted by Gasteiger charge is -2.18. The number of hydrogen-bond donors (Lipinski definition) is 1. The summed E-state index contributed by atoms with van der Waals surface area (Å²) in [5.41, 5.74) is 0. The smallest absolute Gasteiger partial charge is 0.144 e. The summed E-state index contributed by atoms with van der Waals surface area (Å²) in [6, 6.07) is 0. The first kappa shape index (κ1) is 22.3. The van der Waals surface area contributed by atoms with E-state index in [0.29, 0.717) is 11.8 Å². The molecule has 0 aliphatic rings. The molecule has 0 aliphatic heterocycles. The average molecular weight is 332 g/mol. The molecule has 0 saturated carbocycles. The van der Waals surface area contributed by atoms with Crippen molar-refractivity contribution in [2.24, 2.45) is 23.7 Å². The summed E-state index contributed by atoms with van der Waals surface area (Å²) in [5.74, 6) is 0.242. The summed E-state index contributed by atoms with van der Waals surface area (Å²) in [6.07, 6.45) is 16.0. The van der Waals surface area contributed by atoms with Crippen molar-refractivity contribution < 1.29 is 14.7 Å². The van der Waals surface area contributed by atoms with Crippen molar-refractivity contribution in [3.63, 3.8) is 0 Å². The minimum atomic E-state index is -0.459. The second-order valence-corrected chi connectivity index (χ2v) is 6.50. The van der Waals surface area contributed by atoms with Crippen LogP contribution in [0.2, 0.25) is 0 Å². The average Bonchev–Trinajstić information content (AvgIpc) is 2.57. The first-order valence-electron chi connectivity index (χ1n) is 8.66. The van der Waals surface area contributed by atoms with Crippen molar-refractivity contribution in [1.29, 1.82) is 0 Å². The van der Waals surface area contributed by atoms with Crippen LogP contribution in [0.3, 0.4) is 0 Å². The van der Waals surface area contributed by atoms with Crippen molar-refractivity contribution in [2.45, 2.75) is 40.0 Å². The van der Waals surface area contributed by atoms with Gasteiger partial charge in [0.15, 0.2) is 0 Å². The third-order valence-corrected chi connectivity index (χ3v) is 4.06. The molecule has 0 radical (unpaired) electrons. The number of aldehydes is 1. The van der Waals surface area contributed by atoms with Gasteiger partial charge < -0.3 is 5.11 Å². The molecule has 1 N–H and O–H groups in total. The molecular weight excluding hydrogens is 300 g/mol. The molecule has 0 bridgehead atoms. The van der Waals surface area contributed by atoms with Gasteiger partial charge in [0.25, 0.3) is 0 Å². The summed E-state index contributed by atoms with van der Waals surface area (Å²) in [4.78, 5) is 22.7. The van der Waals surface area contributed by atoms with Crippen LogP contribution < -0.4 is 0 Å². The van der Waals surface area contributed by atoms with Gasteiger partial charge in [-0.2, -0.15) is 0 Å². The fourth-order valence-corrected chi connectivity index (χ4v) is 2.46. The maximum Gasteiger partial charge on any atom is 0.144 e. The lowest BCUT2D eigenvalue weighted by Crippen LogP contribution is -2.24. The Hall–Kier alpha value is -1.74. The van der Waals surface area contributed by atoms with E-state index in [1.165, 1.54) is 6.08 Å². The lowest BCUT2D eigenvalue weighted by atomic mass is 9.86. The van der Waals surface area contributed by atoms with Crippen LogP contribution >= 0.6 is 0 Å². The number of carbonyl (C=O) groups excluding carboxylic acids is 2. The Morgan fingerprint density at radius 2 is 1.75 bits per heavy atom. The highest BCUT2D eigenvalue weighted by atomic mass is 16.3. The summed E-state index contributed by atoms with van der Waals surface area (Å²) in [7, 11) is 0. The van der Waals surface area contributed by atoms with E-state index in [2.05, 4.69) is 20.4 Å². The molecular formula is C21H32O3. The van der Waals surface area contributed by atoms with Gasteiger partial charge in [0, 0.05) is 5.92 Å². The molecule has 0 aromatic heterocycles. The highest BCUT2D eigenvalue weighted by Gasteiger charge is 2.22. The van der Waals surface area contributed by atoms with Crippen LogP contribution in [0, 0.1) is 23.7 Å². The summed E-state index contributed by atoms with van der Waals surface area (Å²) < 4.78 is 0. The number of aliphatic hydroxyl groups excluding tert-OH is 1. The molecule has 4 atom stereocenters. The van der Waals surface area contributed by atoms with Gasteiger partial charge in [0.1, 0.15) is 12.1 Å². The van der Waals surface area contributed by atoms with Crippen LogP contribution in [0.5, 0.6) is 0 Å². The zero-order valence-corrected chi connectivity index (χ0v) is 15.2. The number of rotatable bonds is 13. The Kier molecular flexibility index (Phi) is 12.7. The molecule has 3 nitrogen and oxygen atoms in total. The van der Waals surface area contributed by atoms with Gasteiger partial charge in [0.05, 0.1) is 12.5 Å². The molecule has 0 rings (SSSR count). The lowest BCUT2D eigenvalue weighted by molar-refractivity contribution is -0.126. The van der Waals surface area contributed by atoms with E-state index in [-0.39, 0.29) is 18.3 Å². The first-order chi connectivity index (χ1) is 11.5. The van der Waals surface area contributed by atoms with Gasteiger partial charge in [0.2, 0.25) is 0 Å². The third-order valence-electron chi connectivity index (χ3n) is 4.06. The molecule has 0 aromatic rings. The van der Waals surface area contributed by atoms with E-state index in [9.17, 15) is 14.7 Å². The van der Waals surface area contributed by atoms with Gasteiger partial charge in [-0.25, -0.2) is 0 Å². The number of allylic oxidation sites excluding steroid dienone is 6. The van der Waals surface area contributed by atoms with E-state index in [0.717, 1.165) is 25.5 Å². The third kappa shape index (κ3) is 10.1. The number of ketones is 1. The molecule has 0 heterocycles. The predicted octanol–water partition coefficient (Wildman–Crippen LogP) is 4.30. The van der Waals surface area contributed by atoms with Crippen LogP contribution in [0.15, 0.2) is 49.1 Å². The molecule has 0 aliphatic carbocycles. The quantitative estimate of drug-likeness (QED) is 0.237. The maximum absolute atomic E-state index is 12.4. The zero-order chi connectivity index (χ0) is 18.4. The van der Waals surface area contributed by atoms with E-state index in [1.54, 1.807) is 6.08 Å². The molecule has 0 amide bonds. The number of aliphatic hydroxyl groups is 1. The van der Waals surface area contributed by atoms with Gasteiger partial charge in [-0.3, -0.25) is 9.59 Å².